The first kappa shape index (κ1) is 16.7. The Kier molecular flexibility index (Phi) is 4.69. The van der Waals surface area contributed by atoms with Gasteiger partial charge in [-0.1, -0.05) is 30.3 Å². The number of hydrogen-bond acceptors (Lipinski definition) is 4. The monoisotopic (exact) mass is 328 g/mol. The van der Waals surface area contributed by atoms with Crippen molar-refractivity contribution in [3.8, 4) is 0 Å². The van der Waals surface area contributed by atoms with Gasteiger partial charge in [-0.2, -0.15) is 5.10 Å². The standard InChI is InChI=1S/C18H24N4O2/c1-18(15-11-20-21(2)12-15)13-22(8-9-24-18)17(23)16(19)10-14-6-4-3-5-7-14/h3-7,11-12,16H,8-10,13,19H2,1-2H3/t16-,18+/m0/s1. The predicted octanol–water partition coefficient (Wildman–Crippen LogP) is 1.06. The van der Waals surface area contributed by atoms with Crippen molar-refractivity contribution in [2.24, 2.45) is 12.8 Å². The highest BCUT2D eigenvalue weighted by molar-refractivity contribution is 5.82. The van der Waals surface area contributed by atoms with E-state index in [1.165, 1.54) is 0 Å². The molecule has 0 unspecified atom stereocenters. The highest BCUT2D eigenvalue weighted by atomic mass is 16.5. The van der Waals surface area contributed by atoms with Crippen LogP contribution >= 0.6 is 0 Å². The van der Waals surface area contributed by atoms with Crippen LogP contribution in [0.25, 0.3) is 0 Å². The Labute approximate surface area is 142 Å². The summed E-state index contributed by atoms with van der Waals surface area (Å²) in [4.78, 5) is 14.6. The average molecular weight is 328 g/mol. The Hall–Kier alpha value is -2.18. The molecule has 6 heteroatoms. The van der Waals surface area contributed by atoms with Crippen molar-refractivity contribution < 1.29 is 9.53 Å². The van der Waals surface area contributed by atoms with Crippen molar-refractivity contribution in [1.82, 2.24) is 14.7 Å². The molecule has 2 atom stereocenters. The zero-order valence-corrected chi connectivity index (χ0v) is 14.2. The quantitative estimate of drug-likeness (QED) is 0.911. The first-order chi connectivity index (χ1) is 11.5. The Bertz CT molecular complexity index is 700. The molecular formula is C18H24N4O2. The van der Waals surface area contributed by atoms with Crippen LogP contribution in [0.4, 0.5) is 0 Å². The summed E-state index contributed by atoms with van der Waals surface area (Å²) < 4.78 is 7.70. The second kappa shape index (κ2) is 6.75. The highest BCUT2D eigenvalue weighted by Crippen LogP contribution is 2.29. The molecule has 3 rings (SSSR count). The number of rotatable bonds is 4. The van der Waals surface area contributed by atoms with Crippen LogP contribution in [-0.2, 0) is 28.6 Å². The van der Waals surface area contributed by atoms with E-state index in [9.17, 15) is 4.79 Å². The molecular weight excluding hydrogens is 304 g/mol. The van der Waals surface area contributed by atoms with Crippen LogP contribution in [0.1, 0.15) is 18.1 Å². The van der Waals surface area contributed by atoms with Crippen molar-refractivity contribution in [2.45, 2.75) is 25.0 Å². The molecule has 2 N–H and O–H groups in total. The smallest absolute Gasteiger partial charge is 0.240 e. The molecule has 1 fully saturated rings. The molecule has 0 radical (unpaired) electrons. The van der Waals surface area contributed by atoms with Gasteiger partial charge in [0.05, 0.1) is 25.4 Å². The second-order valence-corrected chi connectivity index (χ2v) is 6.54. The van der Waals surface area contributed by atoms with Gasteiger partial charge in [0, 0.05) is 25.4 Å². The molecule has 1 aliphatic heterocycles. The zero-order chi connectivity index (χ0) is 17.2. The van der Waals surface area contributed by atoms with Crippen molar-refractivity contribution in [2.75, 3.05) is 19.7 Å². The molecule has 2 aromatic rings. The number of amides is 1. The van der Waals surface area contributed by atoms with Crippen LogP contribution in [0.3, 0.4) is 0 Å². The number of morpholine rings is 1. The molecule has 128 valence electrons. The van der Waals surface area contributed by atoms with Gasteiger partial charge in [0.15, 0.2) is 0 Å². The maximum Gasteiger partial charge on any atom is 0.240 e. The SMILES string of the molecule is Cn1cc([C@@]2(C)CN(C(=O)[C@@H](N)Cc3ccccc3)CCO2)cn1. The molecule has 1 aliphatic rings. The van der Waals surface area contributed by atoms with E-state index in [1.807, 2.05) is 55.4 Å². The molecule has 0 aliphatic carbocycles. The number of aryl methyl sites for hydroxylation is 1. The van der Waals surface area contributed by atoms with E-state index in [1.54, 1.807) is 10.9 Å². The normalized spacial score (nSPS) is 22.4. The van der Waals surface area contributed by atoms with Crippen molar-refractivity contribution >= 4 is 5.91 Å². The van der Waals surface area contributed by atoms with Crippen LogP contribution in [0.5, 0.6) is 0 Å². The van der Waals surface area contributed by atoms with E-state index in [2.05, 4.69) is 5.10 Å². The third-order valence-electron chi connectivity index (χ3n) is 4.52. The van der Waals surface area contributed by atoms with Gasteiger partial charge in [-0.15, -0.1) is 0 Å². The Morgan fingerprint density at radius 3 is 2.83 bits per heavy atom. The summed E-state index contributed by atoms with van der Waals surface area (Å²) in [5.74, 6) is -0.0303. The number of aromatic nitrogens is 2. The summed E-state index contributed by atoms with van der Waals surface area (Å²) in [5.41, 5.74) is 7.66. The van der Waals surface area contributed by atoms with E-state index in [4.69, 9.17) is 10.5 Å². The fourth-order valence-electron chi connectivity index (χ4n) is 3.12. The maximum atomic E-state index is 12.8. The number of ether oxygens (including phenoxy) is 1. The van der Waals surface area contributed by atoms with E-state index in [0.717, 1.165) is 11.1 Å². The van der Waals surface area contributed by atoms with Gasteiger partial charge in [-0.05, 0) is 18.9 Å². The van der Waals surface area contributed by atoms with Crippen molar-refractivity contribution in [3.05, 3.63) is 53.9 Å². The number of nitrogens with two attached hydrogens (primary N) is 1. The van der Waals surface area contributed by atoms with Crippen LogP contribution in [0, 0.1) is 0 Å². The summed E-state index contributed by atoms with van der Waals surface area (Å²) >= 11 is 0. The number of benzene rings is 1. The van der Waals surface area contributed by atoms with Gasteiger partial charge in [0.1, 0.15) is 5.60 Å². The fraction of sp³-hybridized carbons (Fsp3) is 0.444. The van der Waals surface area contributed by atoms with E-state index >= 15 is 0 Å². The minimum Gasteiger partial charge on any atom is -0.367 e. The third kappa shape index (κ3) is 3.49. The fourth-order valence-corrected chi connectivity index (χ4v) is 3.12. The maximum absolute atomic E-state index is 12.8. The first-order valence-corrected chi connectivity index (χ1v) is 8.19. The minimum absolute atomic E-state index is 0.0303. The van der Waals surface area contributed by atoms with E-state index in [0.29, 0.717) is 26.1 Å². The first-order valence-electron chi connectivity index (χ1n) is 8.19. The number of nitrogens with zero attached hydrogens (tertiary/aromatic N) is 3. The molecule has 1 aromatic carbocycles. The Morgan fingerprint density at radius 2 is 2.17 bits per heavy atom. The second-order valence-electron chi connectivity index (χ2n) is 6.54. The van der Waals surface area contributed by atoms with Gasteiger partial charge in [-0.3, -0.25) is 9.48 Å². The highest BCUT2D eigenvalue weighted by Gasteiger charge is 2.37. The van der Waals surface area contributed by atoms with E-state index < -0.39 is 11.6 Å². The van der Waals surface area contributed by atoms with Gasteiger partial charge < -0.3 is 15.4 Å². The van der Waals surface area contributed by atoms with E-state index in [-0.39, 0.29) is 5.91 Å². The van der Waals surface area contributed by atoms with Gasteiger partial charge in [0.25, 0.3) is 0 Å². The molecule has 1 aromatic heterocycles. The molecule has 1 saturated heterocycles. The third-order valence-corrected chi connectivity index (χ3v) is 4.52. The summed E-state index contributed by atoms with van der Waals surface area (Å²) in [6.07, 6.45) is 4.26. The van der Waals surface area contributed by atoms with Crippen LogP contribution in [-0.4, -0.2) is 46.3 Å². The van der Waals surface area contributed by atoms with Crippen molar-refractivity contribution in [1.29, 1.82) is 0 Å². The lowest BCUT2D eigenvalue weighted by Gasteiger charge is -2.40. The predicted molar refractivity (Wildman–Crippen MR) is 91.2 cm³/mol. The molecule has 2 heterocycles. The Morgan fingerprint density at radius 1 is 1.42 bits per heavy atom. The average Bonchev–Trinajstić information content (AvgIpc) is 3.02. The van der Waals surface area contributed by atoms with Crippen LogP contribution in [0.2, 0.25) is 0 Å². The largest absolute Gasteiger partial charge is 0.367 e. The summed E-state index contributed by atoms with van der Waals surface area (Å²) in [5, 5.41) is 4.21. The lowest BCUT2D eigenvalue weighted by atomic mass is 9.96. The summed E-state index contributed by atoms with van der Waals surface area (Å²) in [6, 6.07) is 9.32. The van der Waals surface area contributed by atoms with Crippen molar-refractivity contribution in [3.63, 3.8) is 0 Å². The van der Waals surface area contributed by atoms with Gasteiger partial charge >= 0.3 is 0 Å². The number of carbonyl (C=O) groups is 1. The summed E-state index contributed by atoms with van der Waals surface area (Å²) in [7, 11) is 1.87. The molecule has 0 saturated carbocycles. The lowest BCUT2D eigenvalue weighted by Crippen LogP contribution is -2.54. The number of carbonyl (C=O) groups excluding carboxylic acids is 1. The van der Waals surface area contributed by atoms with Crippen LogP contribution in [0.15, 0.2) is 42.7 Å². The molecule has 0 spiro atoms. The molecule has 1 amide bonds. The van der Waals surface area contributed by atoms with Gasteiger partial charge in [0.2, 0.25) is 5.91 Å². The van der Waals surface area contributed by atoms with Crippen LogP contribution < -0.4 is 5.73 Å². The minimum atomic E-state index is -0.547. The zero-order valence-electron chi connectivity index (χ0n) is 14.2. The lowest BCUT2D eigenvalue weighted by molar-refractivity contribution is -0.150. The topological polar surface area (TPSA) is 73.4 Å². The summed E-state index contributed by atoms with van der Waals surface area (Å²) in [6.45, 7) is 3.54. The molecule has 0 bridgehead atoms. The van der Waals surface area contributed by atoms with Gasteiger partial charge in [-0.25, -0.2) is 0 Å². The Balaban J connectivity index is 1.68. The molecule has 24 heavy (non-hydrogen) atoms. The molecule has 6 nitrogen and oxygen atoms in total. The number of hydrogen-bond donors (Lipinski definition) is 1.